The van der Waals surface area contributed by atoms with Crippen LogP contribution in [-0.2, 0) is 19.0 Å². The van der Waals surface area contributed by atoms with Crippen LogP contribution in [0.2, 0.25) is 0 Å². The molecule has 1 saturated heterocycles. The normalized spacial score (nSPS) is 14.8. The van der Waals surface area contributed by atoms with E-state index in [2.05, 4.69) is 33.2 Å². The summed E-state index contributed by atoms with van der Waals surface area (Å²) in [6.45, 7) is 8.09. The molecule has 1 amide bonds. The SMILES string of the molecule is C=Cc1cccc(Nc2c(C#N)cnc3cc(OC4CCOC4)c(NC(=O)/C=C/CN(CCOC)CCOC)cc23)c1. The Labute approximate surface area is 246 Å². The summed E-state index contributed by atoms with van der Waals surface area (Å²) in [5.74, 6) is 0.177. The molecule has 10 heteroatoms. The number of nitriles is 1. The van der Waals surface area contributed by atoms with Crippen LogP contribution in [0.3, 0.4) is 0 Å². The fourth-order valence-corrected chi connectivity index (χ4v) is 4.53. The maximum absolute atomic E-state index is 13.1. The number of rotatable bonds is 15. The molecule has 1 unspecified atom stereocenters. The molecule has 2 N–H and O–H groups in total. The largest absolute Gasteiger partial charge is 0.486 e. The van der Waals surface area contributed by atoms with E-state index in [1.165, 1.54) is 12.3 Å². The lowest BCUT2D eigenvalue weighted by Crippen LogP contribution is -2.31. The Kier molecular flexibility index (Phi) is 11.4. The minimum atomic E-state index is -0.308. The first-order valence-electron chi connectivity index (χ1n) is 13.8. The molecular weight excluding hydrogens is 534 g/mol. The minimum Gasteiger partial charge on any atom is -0.486 e. The number of methoxy groups -OCH3 is 2. The third-order valence-corrected chi connectivity index (χ3v) is 6.78. The molecule has 220 valence electrons. The number of carbonyl (C=O) groups excluding carboxylic acids is 1. The molecule has 3 aromatic rings. The fourth-order valence-electron chi connectivity index (χ4n) is 4.53. The van der Waals surface area contributed by atoms with Crippen molar-refractivity contribution in [1.29, 1.82) is 5.26 Å². The van der Waals surface area contributed by atoms with Gasteiger partial charge < -0.3 is 29.6 Å². The fraction of sp³-hybridized carbons (Fsp3) is 0.344. The van der Waals surface area contributed by atoms with E-state index in [-0.39, 0.29) is 12.0 Å². The molecule has 1 aliphatic rings. The predicted octanol–water partition coefficient (Wildman–Crippen LogP) is 4.75. The van der Waals surface area contributed by atoms with Gasteiger partial charge >= 0.3 is 0 Å². The number of carbonyl (C=O) groups is 1. The van der Waals surface area contributed by atoms with Crippen LogP contribution in [0.1, 0.15) is 17.5 Å². The summed E-state index contributed by atoms with van der Waals surface area (Å²) in [6.07, 6.45) is 7.21. The molecule has 1 aromatic heterocycles. The number of nitrogens with zero attached hydrogens (tertiary/aromatic N) is 3. The summed E-state index contributed by atoms with van der Waals surface area (Å²) in [5.41, 5.74) is 3.77. The molecule has 0 saturated carbocycles. The van der Waals surface area contributed by atoms with Gasteiger partial charge in [0.05, 0.1) is 48.9 Å². The van der Waals surface area contributed by atoms with Gasteiger partial charge in [-0.15, -0.1) is 0 Å². The first-order chi connectivity index (χ1) is 20.5. The predicted molar refractivity (Wildman–Crippen MR) is 164 cm³/mol. The second-order valence-corrected chi connectivity index (χ2v) is 9.76. The lowest BCUT2D eigenvalue weighted by atomic mass is 10.1. The van der Waals surface area contributed by atoms with Crippen LogP contribution in [0.25, 0.3) is 17.0 Å². The van der Waals surface area contributed by atoms with Gasteiger partial charge in [0.2, 0.25) is 5.91 Å². The van der Waals surface area contributed by atoms with Crippen molar-refractivity contribution in [3.8, 4) is 11.8 Å². The maximum Gasteiger partial charge on any atom is 0.248 e. The minimum absolute atomic E-state index is 0.138. The van der Waals surface area contributed by atoms with Crippen molar-refractivity contribution < 1.29 is 23.7 Å². The number of hydrogen-bond donors (Lipinski definition) is 2. The van der Waals surface area contributed by atoms with Crippen LogP contribution >= 0.6 is 0 Å². The maximum atomic E-state index is 13.1. The zero-order chi connectivity index (χ0) is 29.7. The number of amides is 1. The average molecular weight is 572 g/mol. The molecule has 1 fully saturated rings. The van der Waals surface area contributed by atoms with Gasteiger partial charge in [0.1, 0.15) is 17.9 Å². The highest BCUT2D eigenvalue weighted by atomic mass is 16.5. The molecule has 10 nitrogen and oxygen atoms in total. The van der Waals surface area contributed by atoms with Gasteiger partial charge in [-0.1, -0.05) is 30.9 Å². The Hall–Kier alpha value is -4.27. The van der Waals surface area contributed by atoms with Crippen molar-refractivity contribution >= 4 is 39.9 Å². The Morgan fingerprint density at radius 1 is 1.24 bits per heavy atom. The van der Waals surface area contributed by atoms with E-state index in [1.807, 2.05) is 30.3 Å². The second kappa shape index (κ2) is 15.7. The monoisotopic (exact) mass is 571 g/mol. The van der Waals surface area contributed by atoms with Gasteiger partial charge in [0, 0.05) is 69.7 Å². The lowest BCUT2D eigenvalue weighted by molar-refractivity contribution is -0.111. The van der Waals surface area contributed by atoms with Crippen molar-refractivity contribution in [2.24, 2.45) is 0 Å². The number of aromatic nitrogens is 1. The number of hydrogen-bond acceptors (Lipinski definition) is 9. The first-order valence-corrected chi connectivity index (χ1v) is 13.8. The number of nitrogens with one attached hydrogen (secondary N) is 2. The molecule has 2 heterocycles. The zero-order valence-corrected chi connectivity index (χ0v) is 24.1. The van der Waals surface area contributed by atoms with Gasteiger partial charge in [0.15, 0.2) is 0 Å². The van der Waals surface area contributed by atoms with Crippen LogP contribution in [0.4, 0.5) is 17.1 Å². The quantitative estimate of drug-likeness (QED) is 0.249. The van der Waals surface area contributed by atoms with E-state index >= 15 is 0 Å². The van der Waals surface area contributed by atoms with Crippen molar-refractivity contribution in [1.82, 2.24) is 9.88 Å². The highest BCUT2D eigenvalue weighted by Crippen LogP contribution is 2.37. The van der Waals surface area contributed by atoms with Crippen molar-refractivity contribution in [3.05, 3.63) is 72.5 Å². The van der Waals surface area contributed by atoms with Crippen molar-refractivity contribution in [2.75, 3.05) is 70.9 Å². The van der Waals surface area contributed by atoms with E-state index in [1.54, 1.807) is 32.4 Å². The van der Waals surface area contributed by atoms with Gasteiger partial charge in [-0.05, 0) is 23.8 Å². The summed E-state index contributed by atoms with van der Waals surface area (Å²) in [6, 6.07) is 13.5. The van der Waals surface area contributed by atoms with E-state index in [4.69, 9.17) is 18.9 Å². The molecule has 42 heavy (non-hydrogen) atoms. The molecule has 2 aromatic carbocycles. The molecular formula is C32H37N5O5. The second-order valence-electron chi connectivity index (χ2n) is 9.76. The molecule has 0 bridgehead atoms. The van der Waals surface area contributed by atoms with Gasteiger partial charge in [-0.3, -0.25) is 14.7 Å². The van der Waals surface area contributed by atoms with Crippen LogP contribution in [0.5, 0.6) is 5.75 Å². The number of benzene rings is 2. The number of anilines is 3. The van der Waals surface area contributed by atoms with Crippen LogP contribution < -0.4 is 15.4 Å². The Bertz CT molecular complexity index is 1440. The molecule has 4 rings (SSSR count). The number of fused-ring (bicyclic) bond motifs is 1. The number of pyridine rings is 1. The molecule has 0 spiro atoms. The highest BCUT2D eigenvalue weighted by Gasteiger charge is 2.21. The van der Waals surface area contributed by atoms with Gasteiger partial charge in [0.25, 0.3) is 0 Å². The van der Waals surface area contributed by atoms with Crippen LogP contribution in [0, 0.1) is 11.3 Å². The first kappa shape index (κ1) is 30.7. The Balaban J connectivity index is 1.64. The van der Waals surface area contributed by atoms with Gasteiger partial charge in [-0.25, -0.2) is 0 Å². The summed E-state index contributed by atoms with van der Waals surface area (Å²) in [7, 11) is 3.32. The highest BCUT2D eigenvalue weighted by molar-refractivity contribution is 6.04. The van der Waals surface area contributed by atoms with E-state index in [0.717, 1.165) is 30.8 Å². The van der Waals surface area contributed by atoms with Crippen LogP contribution in [-0.4, -0.2) is 82.2 Å². The summed E-state index contributed by atoms with van der Waals surface area (Å²) in [5, 5.41) is 16.9. The topological polar surface area (TPSA) is 118 Å². The van der Waals surface area contributed by atoms with E-state index < -0.39 is 0 Å². The molecule has 1 aliphatic heterocycles. The van der Waals surface area contributed by atoms with E-state index in [0.29, 0.717) is 66.6 Å². The third kappa shape index (κ3) is 8.38. The zero-order valence-electron chi connectivity index (χ0n) is 24.1. The lowest BCUT2D eigenvalue weighted by Gasteiger charge is -2.20. The van der Waals surface area contributed by atoms with Gasteiger partial charge in [-0.2, -0.15) is 5.26 Å². The standard InChI is InChI=1S/C32H37N5O5/c1-4-23-7-5-8-25(17-23)35-32-24(20-33)21-34-28-19-30(42-26-10-14-41-22-26)29(18-27(28)32)36-31(38)9-6-11-37(12-15-39-2)13-16-40-3/h4-9,17-19,21,26H,1,10-16,22H2,2-3H3,(H,34,35)(H,36,38)/b9-6+. The van der Waals surface area contributed by atoms with Crippen LogP contribution in [0.15, 0.2) is 61.3 Å². The van der Waals surface area contributed by atoms with Crippen molar-refractivity contribution in [3.63, 3.8) is 0 Å². The van der Waals surface area contributed by atoms with Crippen molar-refractivity contribution in [2.45, 2.75) is 12.5 Å². The molecule has 0 radical (unpaired) electrons. The smallest absolute Gasteiger partial charge is 0.248 e. The Morgan fingerprint density at radius 3 is 2.74 bits per heavy atom. The summed E-state index contributed by atoms with van der Waals surface area (Å²) in [4.78, 5) is 19.7. The summed E-state index contributed by atoms with van der Waals surface area (Å²) < 4.78 is 22.1. The molecule has 0 aliphatic carbocycles. The Morgan fingerprint density at radius 2 is 2.05 bits per heavy atom. The molecule has 1 atom stereocenters. The number of ether oxygens (including phenoxy) is 4. The third-order valence-electron chi connectivity index (χ3n) is 6.78. The summed E-state index contributed by atoms with van der Waals surface area (Å²) >= 11 is 0. The average Bonchev–Trinajstić information content (AvgIpc) is 3.52. The van der Waals surface area contributed by atoms with E-state index in [9.17, 15) is 10.1 Å².